The minimum Gasteiger partial charge on any atom is -0.398 e. The summed E-state index contributed by atoms with van der Waals surface area (Å²) in [5.74, 6) is -0.419. The van der Waals surface area contributed by atoms with Crippen LogP contribution in [-0.2, 0) is 10.0 Å². The van der Waals surface area contributed by atoms with Crippen LogP contribution >= 0.6 is 22.6 Å². The second kappa shape index (κ2) is 5.80. The number of nitrogen functional groups attached to an aromatic ring is 1. The van der Waals surface area contributed by atoms with E-state index in [1.54, 1.807) is 13.0 Å². The van der Waals surface area contributed by atoms with Gasteiger partial charge in [-0.1, -0.05) is 0 Å². The molecule has 112 valence electrons. The third-order valence-corrected chi connectivity index (χ3v) is 5.40. The molecule has 0 aliphatic carbocycles. The van der Waals surface area contributed by atoms with E-state index < -0.39 is 15.8 Å². The van der Waals surface area contributed by atoms with E-state index in [0.29, 0.717) is 14.9 Å². The summed E-state index contributed by atoms with van der Waals surface area (Å²) < 4.78 is 40.8. The van der Waals surface area contributed by atoms with E-state index in [-0.39, 0.29) is 4.90 Å². The highest BCUT2D eigenvalue weighted by Gasteiger charge is 2.17. The first-order chi connectivity index (χ1) is 9.70. The third-order valence-electron chi connectivity index (χ3n) is 3.17. The fourth-order valence-corrected chi connectivity index (χ4v) is 3.78. The summed E-state index contributed by atoms with van der Waals surface area (Å²) in [6.07, 6.45) is 0. The van der Waals surface area contributed by atoms with E-state index in [1.807, 2.05) is 29.5 Å². The Morgan fingerprint density at radius 2 is 1.86 bits per heavy atom. The average molecular weight is 420 g/mol. The Morgan fingerprint density at radius 3 is 2.43 bits per heavy atom. The normalized spacial score (nSPS) is 11.4. The van der Waals surface area contributed by atoms with Gasteiger partial charge in [-0.3, -0.25) is 4.72 Å². The minimum atomic E-state index is -3.77. The molecule has 4 nitrogen and oxygen atoms in total. The Labute approximate surface area is 136 Å². The lowest BCUT2D eigenvalue weighted by Gasteiger charge is -2.12. The molecule has 0 fully saturated rings. The first-order valence-corrected chi connectivity index (χ1v) is 8.61. The topological polar surface area (TPSA) is 72.2 Å². The van der Waals surface area contributed by atoms with Crippen molar-refractivity contribution in [1.29, 1.82) is 0 Å². The number of benzene rings is 2. The van der Waals surface area contributed by atoms with Crippen molar-refractivity contribution in [3.05, 3.63) is 50.8 Å². The molecule has 0 radical (unpaired) electrons. The minimum absolute atomic E-state index is 0.0863. The summed E-state index contributed by atoms with van der Waals surface area (Å²) >= 11 is 1.87. The maximum atomic E-state index is 13.1. The predicted molar refractivity (Wildman–Crippen MR) is 90.3 cm³/mol. The SMILES string of the molecule is Cc1cc(S(=O)(=O)Nc2ccc(F)cc2I)cc(N)c1C. The summed E-state index contributed by atoms with van der Waals surface area (Å²) in [7, 11) is -3.77. The molecule has 0 saturated carbocycles. The number of nitrogens with two attached hydrogens (primary N) is 1. The summed E-state index contributed by atoms with van der Waals surface area (Å²) in [6.45, 7) is 3.63. The molecule has 0 unspecified atom stereocenters. The highest BCUT2D eigenvalue weighted by Crippen LogP contribution is 2.25. The summed E-state index contributed by atoms with van der Waals surface area (Å²) in [4.78, 5) is 0.0863. The van der Waals surface area contributed by atoms with Gasteiger partial charge >= 0.3 is 0 Å². The summed E-state index contributed by atoms with van der Waals surface area (Å²) in [5.41, 5.74) is 8.21. The van der Waals surface area contributed by atoms with Crippen LogP contribution in [0.2, 0.25) is 0 Å². The molecule has 0 aromatic heterocycles. The van der Waals surface area contributed by atoms with Gasteiger partial charge in [0.2, 0.25) is 0 Å². The van der Waals surface area contributed by atoms with Crippen molar-refractivity contribution < 1.29 is 12.8 Å². The first kappa shape index (κ1) is 16.0. The zero-order chi connectivity index (χ0) is 15.8. The lowest BCUT2D eigenvalue weighted by atomic mass is 10.1. The van der Waals surface area contributed by atoms with Crippen molar-refractivity contribution in [1.82, 2.24) is 0 Å². The van der Waals surface area contributed by atoms with Crippen LogP contribution in [0.25, 0.3) is 0 Å². The van der Waals surface area contributed by atoms with Gasteiger partial charge in [-0.2, -0.15) is 0 Å². The van der Waals surface area contributed by atoms with Gasteiger partial charge < -0.3 is 5.73 Å². The van der Waals surface area contributed by atoms with Crippen LogP contribution in [0, 0.1) is 23.2 Å². The van der Waals surface area contributed by atoms with Gasteiger partial charge in [0, 0.05) is 9.26 Å². The van der Waals surface area contributed by atoms with Crippen molar-refractivity contribution >= 4 is 44.0 Å². The molecular formula is C14H14FIN2O2S. The molecule has 0 amide bonds. The highest BCUT2D eigenvalue weighted by atomic mass is 127. The van der Waals surface area contributed by atoms with Crippen molar-refractivity contribution in [2.45, 2.75) is 18.7 Å². The number of halogens is 2. The van der Waals surface area contributed by atoms with Gasteiger partial charge in [0.1, 0.15) is 5.82 Å². The molecule has 0 aliphatic rings. The van der Waals surface area contributed by atoms with Gasteiger partial charge in [0.05, 0.1) is 10.6 Å². The molecule has 0 atom stereocenters. The van der Waals surface area contributed by atoms with E-state index in [9.17, 15) is 12.8 Å². The zero-order valence-corrected chi connectivity index (χ0v) is 14.4. The van der Waals surface area contributed by atoms with Crippen LogP contribution in [0.5, 0.6) is 0 Å². The molecule has 21 heavy (non-hydrogen) atoms. The third kappa shape index (κ3) is 3.46. The molecule has 0 spiro atoms. The number of sulfonamides is 1. The molecule has 0 bridgehead atoms. The van der Waals surface area contributed by atoms with E-state index in [2.05, 4.69) is 4.72 Å². The van der Waals surface area contributed by atoms with Crippen molar-refractivity contribution in [2.24, 2.45) is 0 Å². The standard InChI is InChI=1S/C14H14FIN2O2S/c1-8-5-11(7-13(17)9(8)2)21(19,20)18-14-4-3-10(15)6-12(14)16/h3-7,18H,17H2,1-2H3. The van der Waals surface area contributed by atoms with Gasteiger partial charge in [-0.25, -0.2) is 12.8 Å². The fraction of sp³-hybridized carbons (Fsp3) is 0.143. The number of aryl methyl sites for hydroxylation is 1. The number of hydrogen-bond acceptors (Lipinski definition) is 3. The van der Waals surface area contributed by atoms with Crippen molar-refractivity contribution in [3.8, 4) is 0 Å². The lowest BCUT2D eigenvalue weighted by molar-refractivity contribution is 0.601. The molecule has 0 heterocycles. The Bertz CT molecular complexity index is 784. The molecule has 0 saturated heterocycles. The second-order valence-electron chi connectivity index (χ2n) is 4.68. The largest absolute Gasteiger partial charge is 0.398 e. The van der Waals surface area contributed by atoms with E-state index >= 15 is 0 Å². The van der Waals surface area contributed by atoms with Crippen molar-refractivity contribution in [3.63, 3.8) is 0 Å². The van der Waals surface area contributed by atoms with Crippen LogP contribution in [0.3, 0.4) is 0 Å². The van der Waals surface area contributed by atoms with Gasteiger partial charge in [-0.15, -0.1) is 0 Å². The Kier molecular flexibility index (Phi) is 4.43. The monoisotopic (exact) mass is 420 g/mol. The van der Waals surface area contributed by atoms with E-state index in [1.165, 1.54) is 24.3 Å². The maximum absolute atomic E-state index is 13.1. The van der Waals surface area contributed by atoms with E-state index in [0.717, 1.165) is 11.1 Å². The van der Waals surface area contributed by atoms with Crippen LogP contribution in [-0.4, -0.2) is 8.42 Å². The summed E-state index contributed by atoms with van der Waals surface area (Å²) in [5, 5.41) is 0. The van der Waals surface area contributed by atoms with Crippen LogP contribution in [0.15, 0.2) is 35.2 Å². The summed E-state index contributed by atoms with van der Waals surface area (Å²) in [6, 6.07) is 6.83. The average Bonchev–Trinajstić information content (AvgIpc) is 2.38. The van der Waals surface area contributed by atoms with Crippen LogP contribution < -0.4 is 10.5 Å². The Hall–Kier alpha value is -1.35. The smallest absolute Gasteiger partial charge is 0.262 e. The van der Waals surface area contributed by atoms with Crippen LogP contribution in [0.4, 0.5) is 15.8 Å². The number of anilines is 2. The quantitative estimate of drug-likeness (QED) is 0.591. The molecule has 2 aromatic rings. The van der Waals surface area contributed by atoms with Gasteiger partial charge in [0.25, 0.3) is 10.0 Å². The van der Waals surface area contributed by atoms with Gasteiger partial charge in [-0.05, 0) is 77.9 Å². The molecule has 3 N–H and O–H groups in total. The molecule has 2 rings (SSSR count). The number of hydrogen-bond donors (Lipinski definition) is 2. The highest BCUT2D eigenvalue weighted by molar-refractivity contribution is 14.1. The molecular weight excluding hydrogens is 406 g/mol. The molecule has 7 heteroatoms. The Morgan fingerprint density at radius 1 is 1.19 bits per heavy atom. The number of nitrogens with one attached hydrogen (secondary N) is 1. The molecule has 2 aromatic carbocycles. The molecule has 0 aliphatic heterocycles. The number of rotatable bonds is 3. The second-order valence-corrected chi connectivity index (χ2v) is 7.53. The first-order valence-electron chi connectivity index (χ1n) is 6.05. The van der Waals surface area contributed by atoms with E-state index in [4.69, 9.17) is 5.73 Å². The van der Waals surface area contributed by atoms with Gasteiger partial charge in [0.15, 0.2) is 0 Å². The maximum Gasteiger partial charge on any atom is 0.262 e. The fourth-order valence-electron chi connectivity index (χ4n) is 1.78. The van der Waals surface area contributed by atoms with Crippen molar-refractivity contribution in [2.75, 3.05) is 10.5 Å². The lowest BCUT2D eigenvalue weighted by Crippen LogP contribution is -2.14. The predicted octanol–water partition coefficient (Wildman–Crippen LogP) is 3.43. The zero-order valence-electron chi connectivity index (χ0n) is 11.4. The Balaban J connectivity index is 2.43. The van der Waals surface area contributed by atoms with Crippen LogP contribution in [0.1, 0.15) is 11.1 Å².